The number of aliphatic hydroxyl groups excluding tert-OH is 1. The summed E-state index contributed by atoms with van der Waals surface area (Å²) in [5, 5.41) is 14.0. The number of likely N-dealkylation sites (N-methyl/N-ethyl adjacent to an activating group) is 1. The van der Waals surface area contributed by atoms with Crippen molar-refractivity contribution in [2.75, 3.05) is 40.9 Å². The zero-order valence-corrected chi connectivity index (χ0v) is 52.2. The third kappa shape index (κ3) is 60.1. The van der Waals surface area contributed by atoms with Crippen molar-refractivity contribution in [3.05, 3.63) is 48.6 Å². The number of carbonyl (C=O) groups excluding carboxylic acids is 1. The molecule has 448 valence electrons. The quantitative estimate of drug-likeness (QED) is 0.0243. The summed E-state index contributed by atoms with van der Waals surface area (Å²) in [6.45, 7) is 4.84. The van der Waals surface area contributed by atoms with E-state index in [-0.39, 0.29) is 19.1 Å². The van der Waals surface area contributed by atoms with Crippen molar-refractivity contribution in [1.29, 1.82) is 0 Å². The second-order valence-corrected chi connectivity index (χ2v) is 25.3. The van der Waals surface area contributed by atoms with Crippen LogP contribution in [0.3, 0.4) is 0 Å². The molecule has 9 heteroatoms. The minimum atomic E-state index is -4.36. The fourth-order valence-corrected chi connectivity index (χ4v) is 10.6. The van der Waals surface area contributed by atoms with Crippen LogP contribution in [0.2, 0.25) is 0 Å². The monoisotopic (exact) mass is 1090 g/mol. The highest BCUT2D eigenvalue weighted by molar-refractivity contribution is 7.47. The number of nitrogens with one attached hydrogen (secondary N) is 1. The van der Waals surface area contributed by atoms with E-state index in [1.165, 1.54) is 257 Å². The van der Waals surface area contributed by atoms with Crippen LogP contribution in [0, 0.1) is 0 Å². The van der Waals surface area contributed by atoms with Gasteiger partial charge in [-0.3, -0.25) is 13.8 Å². The van der Waals surface area contributed by atoms with E-state index in [0.717, 1.165) is 44.9 Å². The van der Waals surface area contributed by atoms with Gasteiger partial charge in [0.05, 0.1) is 39.9 Å². The Morgan fingerprint density at radius 1 is 0.447 bits per heavy atom. The lowest BCUT2D eigenvalue weighted by Gasteiger charge is -2.25. The summed E-state index contributed by atoms with van der Waals surface area (Å²) in [4.78, 5) is 23.4. The minimum Gasteiger partial charge on any atom is -0.387 e. The van der Waals surface area contributed by atoms with E-state index >= 15 is 0 Å². The van der Waals surface area contributed by atoms with E-state index in [0.29, 0.717) is 17.4 Å². The summed E-state index contributed by atoms with van der Waals surface area (Å²) < 4.78 is 23.8. The maximum atomic E-state index is 13.0. The Balaban J connectivity index is 4.08. The topological polar surface area (TPSA) is 105 Å². The Labute approximate surface area is 473 Å². The van der Waals surface area contributed by atoms with Crippen LogP contribution in [0.4, 0.5) is 0 Å². The Bertz CT molecular complexity index is 1380. The summed E-state index contributed by atoms with van der Waals surface area (Å²) in [5.41, 5.74) is 0. The van der Waals surface area contributed by atoms with Crippen molar-refractivity contribution in [1.82, 2.24) is 5.32 Å². The van der Waals surface area contributed by atoms with Crippen LogP contribution in [-0.4, -0.2) is 73.4 Å². The summed E-state index contributed by atoms with van der Waals surface area (Å²) in [6.07, 6.45) is 78.2. The molecule has 0 fully saturated rings. The molecule has 0 heterocycles. The molecule has 1 amide bonds. The smallest absolute Gasteiger partial charge is 0.387 e. The molecule has 0 bridgehead atoms. The van der Waals surface area contributed by atoms with Gasteiger partial charge >= 0.3 is 7.82 Å². The minimum absolute atomic E-state index is 0.0567. The number of hydrogen-bond donors (Lipinski definition) is 3. The van der Waals surface area contributed by atoms with E-state index in [2.05, 4.69) is 55.6 Å². The number of nitrogens with zero attached hydrogens (tertiary/aromatic N) is 1. The van der Waals surface area contributed by atoms with Crippen molar-refractivity contribution in [2.45, 2.75) is 334 Å². The van der Waals surface area contributed by atoms with E-state index < -0.39 is 20.0 Å². The number of phosphoric acid groups is 1. The molecule has 3 atom stereocenters. The summed E-state index contributed by atoms with van der Waals surface area (Å²) in [7, 11) is 1.56. The van der Waals surface area contributed by atoms with Gasteiger partial charge in [0.2, 0.25) is 5.91 Å². The number of phosphoric ester groups is 1. The number of hydrogen-bond acceptors (Lipinski definition) is 5. The fourth-order valence-electron chi connectivity index (χ4n) is 9.86. The van der Waals surface area contributed by atoms with E-state index in [9.17, 15) is 19.4 Å². The molecule has 0 aromatic heterocycles. The van der Waals surface area contributed by atoms with Crippen LogP contribution >= 0.6 is 7.82 Å². The number of rotatable bonds is 61. The molecule has 3 N–H and O–H groups in total. The van der Waals surface area contributed by atoms with Gasteiger partial charge < -0.3 is 19.8 Å². The van der Waals surface area contributed by atoms with Crippen molar-refractivity contribution >= 4 is 13.7 Å². The predicted octanol–water partition coefficient (Wildman–Crippen LogP) is 20.7. The number of carbonyl (C=O) groups is 1. The number of amides is 1. The van der Waals surface area contributed by atoms with E-state index in [1.54, 1.807) is 6.08 Å². The fraction of sp³-hybridized carbons (Fsp3) is 0.866. The highest BCUT2D eigenvalue weighted by Gasteiger charge is 2.28. The van der Waals surface area contributed by atoms with Crippen LogP contribution in [0.5, 0.6) is 0 Å². The first-order chi connectivity index (χ1) is 37.0. The highest BCUT2D eigenvalue weighted by atomic mass is 31.2. The Morgan fingerprint density at radius 3 is 1.13 bits per heavy atom. The lowest BCUT2D eigenvalue weighted by atomic mass is 10.0. The number of aliphatic hydroxyl groups is 1. The first-order valence-corrected chi connectivity index (χ1v) is 34.5. The van der Waals surface area contributed by atoms with E-state index in [4.69, 9.17) is 9.05 Å². The maximum Gasteiger partial charge on any atom is 0.472 e. The molecular weight excluding hydrogens is 960 g/mol. The predicted molar refractivity (Wildman–Crippen MR) is 332 cm³/mol. The third-order valence-corrected chi connectivity index (χ3v) is 16.0. The SMILES string of the molecule is CCCCCCCCCCC/C=C\C/C=C\CCCCCCCCCCCCCCCCCCCC(=O)NC(COP(=O)(O)OCC[N+](C)(C)C)C(O)/C=C/CC/C=C/CCCCCCCCCCCCCCCCC. The van der Waals surface area contributed by atoms with Crippen LogP contribution in [0.1, 0.15) is 322 Å². The first-order valence-electron chi connectivity index (χ1n) is 33.0. The Hall–Kier alpha value is -1.54. The Morgan fingerprint density at radius 2 is 0.763 bits per heavy atom. The van der Waals surface area contributed by atoms with Gasteiger partial charge in [-0.05, 0) is 64.2 Å². The third-order valence-electron chi connectivity index (χ3n) is 15.0. The largest absolute Gasteiger partial charge is 0.472 e. The average Bonchev–Trinajstić information content (AvgIpc) is 3.38. The highest BCUT2D eigenvalue weighted by Crippen LogP contribution is 2.43. The summed E-state index contributed by atoms with van der Waals surface area (Å²) >= 11 is 0. The van der Waals surface area contributed by atoms with Gasteiger partial charge in [-0.25, -0.2) is 4.57 Å². The molecule has 8 nitrogen and oxygen atoms in total. The second kappa shape index (κ2) is 58.1. The maximum absolute atomic E-state index is 13.0. The summed E-state index contributed by atoms with van der Waals surface area (Å²) in [6, 6.07) is -0.864. The van der Waals surface area contributed by atoms with Gasteiger partial charge in [-0.1, -0.05) is 300 Å². The normalized spacial score (nSPS) is 14.0. The standard InChI is InChI=1S/C67H129N2O6P/c1-6-8-10-12-14-16-18-20-22-24-26-28-29-30-31-32-33-34-35-36-37-38-39-41-43-45-47-49-51-53-55-57-59-61-67(71)68-65(64-75-76(72,73)74-63-62-69(3,4)5)66(70)60-58-56-54-52-50-48-46-44-42-40-27-25-23-21-19-17-15-13-11-9-7-2/h26,28,30-31,50,52,58,60,65-66,70H,6-25,27,29,32-49,51,53-57,59,61-64H2,1-5H3,(H-,68,71,72,73)/p+1/b28-26-,31-30-,52-50+,60-58+. The number of quaternary nitrogens is 1. The van der Waals surface area contributed by atoms with Crippen molar-refractivity contribution in [3.8, 4) is 0 Å². The molecular formula is C67H130N2O6P+. The van der Waals surface area contributed by atoms with Crippen molar-refractivity contribution < 1.29 is 32.9 Å². The number of unbranched alkanes of at least 4 members (excludes halogenated alkanes) is 42. The molecule has 0 aliphatic rings. The molecule has 0 saturated carbocycles. The molecule has 0 aromatic carbocycles. The van der Waals surface area contributed by atoms with Gasteiger partial charge in [0.25, 0.3) is 0 Å². The van der Waals surface area contributed by atoms with Gasteiger partial charge in [0, 0.05) is 6.42 Å². The molecule has 3 unspecified atom stereocenters. The molecule has 0 saturated heterocycles. The van der Waals surface area contributed by atoms with Crippen LogP contribution in [0.25, 0.3) is 0 Å². The van der Waals surface area contributed by atoms with Crippen LogP contribution in [-0.2, 0) is 18.4 Å². The van der Waals surface area contributed by atoms with Gasteiger partial charge in [-0.15, -0.1) is 0 Å². The first kappa shape index (κ1) is 74.5. The van der Waals surface area contributed by atoms with Crippen LogP contribution < -0.4 is 5.32 Å². The number of allylic oxidation sites excluding steroid dienone is 7. The Kier molecular flexibility index (Phi) is 56.9. The lowest BCUT2D eigenvalue weighted by molar-refractivity contribution is -0.870. The molecule has 76 heavy (non-hydrogen) atoms. The second-order valence-electron chi connectivity index (χ2n) is 23.8. The lowest BCUT2D eigenvalue weighted by Crippen LogP contribution is -2.45. The summed E-state index contributed by atoms with van der Waals surface area (Å²) in [5.74, 6) is -0.182. The van der Waals surface area contributed by atoms with Gasteiger partial charge in [-0.2, -0.15) is 0 Å². The zero-order valence-electron chi connectivity index (χ0n) is 51.3. The average molecular weight is 1090 g/mol. The van der Waals surface area contributed by atoms with E-state index in [1.807, 2.05) is 27.2 Å². The molecule has 0 radical (unpaired) electrons. The van der Waals surface area contributed by atoms with Crippen molar-refractivity contribution in [3.63, 3.8) is 0 Å². The van der Waals surface area contributed by atoms with Crippen LogP contribution in [0.15, 0.2) is 48.6 Å². The zero-order chi connectivity index (χ0) is 55.6. The molecule has 0 aliphatic carbocycles. The molecule has 0 spiro atoms. The molecule has 0 aromatic rings. The molecule has 0 aliphatic heterocycles. The van der Waals surface area contributed by atoms with Gasteiger partial charge in [0.1, 0.15) is 13.2 Å². The van der Waals surface area contributed by atoms with Crippen molar-refractivity contribution in [2.24, 2.45) is 0 Å². The van der Waals surface area contributed by atoms with Gasteiger partial charge in [0.15, 0.2) is 0 Å². The molecule has 0 rings (SSSR count).